The molecule has 160 valence electrons. The predicted octanol–water partition coefficient (Wildman–Crippen LogP) is 5.21. The van der Waals surface area contributed by atoms with Gasteiger partial charge in [0, 0.05) is 30.6 Å². The number of rotatable bonds is 8. The number of aromatic nitrogens is 3. The molecule has 0 fully saturated rings. The van der Waals surface area contributed by atoms with Gasteiger partial charge in [0.2, 0.25) is 5.95 Å². The van der Waals surface area contributed by atoms with E-state index in [2.05, 4.69) is 26.8 Å². The Labute approximate surface area is 175 Å². The van der Waals surface area contributed by atoms with Gasteiger partial charge in [-0.15, -0.1) is 5.10 Å². The zero-order valence-electron chi connectivity index (χ0n) is 17.7. The molecule has 0 aliphatic heterocycles. The lowest BCUT2D eigenvalue weighted by atomic mass is 10.2. The molecule has 0 spiro atoms. The van der Waals surface area contributed by atoms with E-state index in [1.807, 2.05) is 39.8 Å². The third-order valence-electron chi connectivity index (χ3n) is 4.12. The Kier molecular flexibility index (Phi) is 6.66. The van der Waals surface area contributed by atoms with E-state index >= 15 is 0 Å². The fourth-order valence-electron chi connectivity index (χ4n) is 2.89. The molecule has 30 heavy (non-hydrogen) atoms. The van der Waals surface area contributed by atoms with Gasteiger partial charge in [0.05, 0.1) is 11.3 Å². The Balaban J connectivity index is 1.62. The molecule has 2 aromatic carbocycles. The van der Waals surface area contributed by atoms with Crippen LogP contribution in [0.4, 0.5) is 26.1 Å². The van der Waals surface area contributed by atoms with Gasteiger partial charge >= 0.3 is 0 Å². The zero-order valence-corrected chi connectivity index (χ0v) is 17.7. The topological polar surface area (TPSA) is 64.0 Å². The molecule has 1 aromatic heterocycles. The highest BCUT2D eigenvalue weighted by Crippen LogP contribution is 2.22. The first-order valence-electron chi connectivity index (χ1n) is 9.83. The van der Waals surface area contributed by atoms with Crippen molar-refractivity contribution in [3.63, 3.8) is 0 Å². The molecule has 3 aromatic rings. The van der Waals surface area contributed by atoms with Crippen molar-refractivity contribution < 1.29 is 13.5 Å². The van der Waals surface area contributed by atoms with E-state index < -0.39 is 11.6 Å². The van der Waals surface area contributed by atoms with E-state index in [0.717, 1.165) is 36.0 Å². The van der Waals surface area contributed by atoms with Crippen molar-refractivity contribution >= 4 is 17.3 Å². The van der Waals surface area contributed by atoms with E-state index in [0.29, 0.717) is 12.6 Å². The van der Waals surface area contributed by atoms with Crippen LogP contribution in [-0.4, -0.2) is 33.5 Å². The monoisotopic (exact) mass is 415 g/mol. The summed E-state index contributed by atoms with van der Waals surface area (Å²) in [6.45, 7) is 9.60. The third kappa shape index (κ3) is 6.52. The Morgan fingerprint density at radius 2 is 1.70 bits per heavy atom. The van der Waals surface area contributed by atoms with Gasteiger partial charge in [-0.05, 0) is 70.0 Å². The maximum atomic E-state index is 13.4. The summed E-state index contributed by atoms with van der Waals surface area (Å²) < 4.78 is 33.9. The van der Waals surface area contributed by atoms with Crippen LogP contribution in [0.3, 0.4) is 0 Å². The molecule has 0 atom stereocenters. The fourth-order valence-corrected chi connectivity index (χ4v) is 2.89. The number of nitrogens with zero attached hydrogens (tertiary/aromatic N) is 3. The number of nitrogens with one attached hydrogen (secondary N) is 2. The van der Waals surface area contributed by atoms with Crippen LogP contribution in [0.1, 0.15) is 32.8 Å². The van der Waals surface area contributed by atoms with Gasteiger partial charge in [0.1, 0.15) is 18.0 Å². The van der Waals surface area contributed by atoms with Crippen LogP contribution in [-0.2, 0) is 4.74 Å². The maximum Gasteiger partial charge on any atom is 0.246 e. The van der Waals surface area contributed by atoms with Gasteiger partial charge in [0.15, 0.2) is 0 Å². The second-order valence-electron chi connectivity index (χ2n) is 8.09. The van der Waals surface area contributed by atoms with Gasteiger partial charge in [0.25, 0.3) is 0 Å². The van der Waals surface area contributed by atoms with Crippen LogP contribution in [0.25, 0.3) is 5.69 Å². The lowest BCUT2D eigenvalue weighted by molar-refractivity contribution is -0.00279. The molecule has 3 rings (SSSR count). The first-order valence-corrected chi connectivity index (χ1v) is 9.83. The van der Waals surface area contributed by atoms with Crippen LogP contribution in [0.5, 0.6) is 0 Å². The van der Waals surface area contributed by atoms with Crippen molar-refractivity contribution in [2.45, 2.75) is 39.7 Å². The molecule has 0 unspecified atom stereocenters. The number of benzene rings is 2. The fraction of sp³-hybridized carbons (Fsp3) is 0.364. The lowest BCUT2D eigenvalue weighted by Gasteiger charge is -2.19. The van der Waals surface area contributed by atoms with Crippen molar-refractivity contribution in [2.24, 2.45) is 0 Å². The minimum atomic E-state index is -0.669. The van der Waals surface area contributed by atoms with Crippen LogP contribution in [0, 0.1) is 18.6 Å². The van der Waals surface area contributed by atoms with Crippen LogP contribution in [0.2, 0.25) is 0 Å². The summed E-state index contributed by atoms with van der Waals surface area (Å²) >= 11 is 0. The Hall–Kier alpha value is -3.00. The summed E-state index contributed by atoms with van der Waals surface area (Å²) in [5, 5.41) is 10.8. The first-order chi connectivity index (χ1) is 14.2. The van der Waals surface area contributed by atoms with Gasteiger partial charge in [-0.25, -0.2) is 13.5 Å². The zero-order chi connectivity index (χ0) is 21.7. The van der Waals surface area contributed by atoms with Crippen LogP contribution in [0.15, 0.2) is 42.7 Å². The number of anilines is 3. The van der Waals surface area contributed by atoms with Gasteiger partial charge in [-0.2, -0.15) is 4.98 Å². The van der Waals surface area contributed by atoms with E-state index in [1.54, 1.807) is 0 Å². The smallest absolute Gasteiger partial charge is 0.246 e. The van der Waals surface area contributed by atoms with E-state index in [9.17, 15) is 8.78 Å². The quantitative estimate of drug-likeness (QED) is 0.494. The summed E-state index contributed by atoms with van der Waals surface area (Å²) in [6.07, 6.45) is 2.30. The number of ether oxygens (including phenoxy) is 1. The molecule has 0 saturated heterocycles. The molecule has 0 amide bonds. The Morgan fingerprint density at radius 3 is 2.40 bits per heavy atom. The average molecular weight is 415 g/mol. The van der Waals surface area contributed by atoms with E-state index in [4.69, 9.17) is 4.74 Å². The minimum Gasteiger partial charge on any atom is -0.385 e. The van der Waals surface area contributed by atoms with Crippen LogP contribution >= 0.6 is 0 Å². The molecule has 0 saturated carbocycles. The molecule has 2 N–H and O–H groups in total. The highest BCUT2D eigenvalue weighted by atomic mass is 19.1. The van der Waals surface area contributed by atoms with Gasteiger partial charge in [-0.3, -0.25) is 0 Å². The van der Waals surface area contributed by atoms with Crippen molar-refractivity contribution in [2.75, 3.05) is 23.8 Å². The molecule has 0 aliphatic carbocycles. The summed E-state index contributed by atoms with van der Waals surface area (Å²) in [5.74, 6) is -1.01. The van der Waals surface area contributed by atoms with Crippen LogP contribution < -0.4 is 10.6 Å². The molecule has 0 radical (unpaired) electrons. The molecule has 6 nitrogen and oxygen atoms in total. The third-order valence-corrected chi connectivity index (χ3v) is 4.12. The molecular formula is C22H27F2N5O. The first kappa shape index (κ1) is 21.7. The molecule has 1 heterocycles. The average Bonchev–Trinajstić information content (AvgIpc) is 3.07. The SMILES string of the molecule is Cc1cc(NCCCOC(C)(C)C)cc(Nc2ncn(-c3cc(F)cc(F)c3)n2)c1. The predicted molar refractivity (Wildman–Crippen MR) is 115 cm³/mol. The van der Waals surface area contributed by atoms with Crippen molar-refractivity contribution in [1.29, 1.82) is 0 Å². The highest BCUT2D eigenvalue weighted by Gasteiger charge is 2.09. The standard InChI is InChI=1S/C22H27F2N5O/c1-15-8-18(25-6-5-7-30-22(2,3)4)13-19(9-15)27-21-26-14-29(28-21)20-11-16(23)10-17(24)12-20/h8-14,25H,5-7H2,1-4H3,(H,27,28). The number of hydrogen-bond donors (Lipinski definition) is 2. The van der Waals surface area contributed by atoms with Gasteiger partial charge in [-0.1, -0.05) is 0 Å². The summed E-state index contributed by atoms with van der Waals surface area (Å²) in [7, 11) is 0. The molecule has 8 heteroatoms. The lowest BCUT2D eigenvalue weighted by Crippen LogP contribution is -2.20. The summed E-state index contributed by atoms with van der Waals surface area (Å²) in [5.41, 5.74) is 2.98. The Morgan fingerprint density at radius 1 is 1.00 bits per heavy atom. The normalized spacial score (nSPS) is 11.5. The summed E-state index contributed by atoms with van der Waals surface area (Å²) in [4.78, 5) is 4.17. The maximum absolute atomic E-state index is 13.4. The summed E-state index contributed by atoms with van der Waals surface area (Å²) in [6, 6.07) is 9.18. The largest absolute Gasteiger partial charge is 0.385 e. The van der Waals surface area contributed by atoms with Gasteiger partial charge < -0.3 is 15.4 Å². The van der Waals surface area contributed by atoms with Crippen molar-refractivity contribution in [1.82, 2.24) is 14.8 Å². The molecule has 0 bridgehead atoms. The minimum absolute atomic E-state index is 0.131. The second-order valence-corrected chi connectivity index (χ2v) is 8.09. The molecular weight excluding hydrogens is 388 g/mol. The number of aryl methyl sites for hydroxylation is 1. The van der Waals surface area contributed by atoms with Crippen molar-refractivity contribution in [3.05, 3.63) is 59.9 Å². The second kappa shape index (κ2) is 9.21. The molecule has 0 aliphatic rings. The Bertz CT molecular complexity index is 977. The highest BCUT2D eigenvalue weighted by molar-refractivity contribution is 5.63. The number of halogens is 2. The van der Waals surface area contributed by atoms with E-state index in [1.165, 1.54) is 23.1 Å². The number of hydrogen-bond acceptors (Lipinski definition) is 5. The van der Waals surface area contributed by atoms with Crippen molar-refractivity contribution in [3.8, 4) is 5.69 Å². The van der Waals surface area contributed by atoms with E-state index in [-0.39, 0.29) is 11.3 Å².